The quantitative estimate of drug-likeness (QED) is 0.537. The topological polar surface area (TPSA) is 20.2 Å². The second-order valence-electron chi connectivity index (χ2n) is 1.68. The van der Waals surface area contributed by atoms with Gasteiger partial charge in [-0.25, -0.2) is 0 Å². The first-order chi connectivity index (χ1) is 3.41. The molecule has 1 nitrogen and oxygen atoms in total. The fraction of sp³-hybridized carbons (Fsp3) is 0.833. The van der Waals surface area contributed by atoms with Crippen molar-refractivity contribution in [3.63, 3.8) is 0 Å². The average molecular weight is 101 g/mol. The Hall–Kier alpha value is -0.0400. The van der Waals surface area contributed by atoms with Crippen LogP contribution in [0.1, 0.15) is 32.6 Å². The first kappa shape index (κ1) is 6.96. The number of aliphatic hydroxyl groups is 1. The zero-order valence-corrected chi connectivity index (χ0v) is 4.85. The Bertz CT molecular complexity index is 23.4. The second-order valence-corrected chi connectivity index (χ2v) is 1.68. The lowest BCUT2D eigenvalue weighted by atomic mass is 10.2. The van der Waals surface area contributed by atoms with Crippen LogP contribution in [0.25, 0.3) is 0 Å². The molecule has 0 amide bonds. The lowest BCUT2D eigenvalue weighted by molar-refractivity contribution is 0.368. The molecule has 0 aromatic carbocycles. The Kier molecular flexibility index (Phi) is 5.93. The van der Waals surface area contributed by atoms with Gasteiger partial charge >= 0.3 is 0 Å². The molecule has 0 spiro atoms. The molecule has 0 bridgehead atoms. The van der Waals surface area contributed by atoms with Gasteiger partial charge in [-0.1, -0.05) is 26.2 Å². The van der Waals surface area contributed by atoms with Crippen molar-refractivity contribution in [2.75, 3.05) is 0 Å². The molecule has 0 rings (SSSR count). The summed E-state index contributed by atoms with van der Waals surface area (Å²) in [4.78, 5) is 0. The first-order valence-electron chi connectivity index (χ1n) is 2.87. The third kappa shape index (κ3) is 5.96. The van der Waals surface area contributed by atoms with Crippen LogP contribution in [0, 0.1) is 6.61 Å². The SMILES string of the molecule is CCCCC[CH]O. The fourth-order valence-electron chi connectivity index (χ4n) is 0.486. The van der Waals surface area contributed by atoms with E-state index < -0.39 is 0 Å². The van der Waals surface area contributed by atoms with Gasteiger partial charge in [0.25, 0.3) is 0 Å². The fourth-order valence-corrected chi connectivity index (χ4v) is 0.486. The zero-order chi connectivity index (χ0) is 5.54. The normalized spacial score (nSPS) is 9.43. The van der Waals surface area contributed by atoms with Crippen molar-refractivity contribution in [3.05, 3.63) is 6.61 Å². The minimum atomic E-state index is 0.855. The summed E-state index contributed by atoms with van der Waals surface area (Å²) in [5.74, 6) is 0. The summed E-state index contributed by atoms with van der Waals surface area (Å²) in [6.07, 6.45) is 4.45. The lowest BCUT2D eigenvalue weighted by Gasteiger charge is -1.89. The van der Waals surface area contributed by atoms with Crippen LogP contribution in [-0.4, -0.2) is 5.11 Å². The van der Waals surface area contributed by atoms with Gasteiger partial charge in [0.05, 0.1) is 6.61 Å². The number of hydrogen-bond acceptors (Lipinski definition) is 1. The summed E-state index contributed by atoms with van der Waals surface area (Å²) < 4.78 is 0. The van der Waals surface area contributed by atoms with Gasteiger partial charge in [-0.05, 0) is 6.42 Å². The van der Waals surface area contributed by atoms with Crippen molar-refractivity contribution in [1.29, 1.82) is 0 Å². The largest absolute Gasteiger partial charge is 0.390 e. The molecule has 0 heterocycles. The Morgan fingerprint density at radius 2 is 2.14 bits per heavy atom. The van der Waals surface area contributed by atoms with Crippen LogP contribution >= 0.6 is 0 Å². The first-order valence-corrected chi connectivity index (χ1v) is 2.87. The van der Waals surface area contributed by atoms with Crippen LogP contribution in [0.3, 0.4) is 0 Å². The van der Waals surface area contributed by atoms with E-state index in [-0.39, 0.29) is 0 Å². The Morgan fingerprint density at radius 3 is 2.57 bits per heavy atom. The molecule has 7 heavy (non-hydrogen) atoms. The number of aliphatic hydroxyl groups excluding tert-OH is 1. The maximum Gasteiger partial charge on any atom is 0.0799 e. The highest BCUT2D eigenvalue weighted by molar-refractivity contribution is 4.45. The van der Waals surface area contributed by atoms with Crippen molar-refractivity contribution in [2.45, 2.75) is 32.6 Å². The minimum Gasteiger partial charge on any atom is -0.390 e. The van der Waals surface area contributed by atoms with Gasteiger partial charge in [-0.2, -0.15) is 0 Å². The summed E-state index contributed by atoms with van der Waals surface area (Å²) in [5, 5.41) is 8.17. The van der Waals surface area contributed by atoms with E-state index in [9.17, 15) is 0 Å². The summed E-state index contributed by atoms with van der Waals surface area (Å²) >= 11 is 0. The predicted molar refractivity (Wildman–Crippen MR) is 30.4 cm³/mol. The van der Waals surface area contributed by atoms with Gasteiger partial charge in [-0.15, -0.1) is 0 Å². The summed E-state index contributed by atoms with van der Waals surface area (Å²) in [6, 6.07) is 0. The van der Waals surface area contributed by atoms with Crippen molar-refractivity contribution in [3.8, 4) is 0 Å². The van der Waals surface area contributed by atoms with Crippen molar-refractivity contribution in [2.24, 2.45) is 0 Å². The van der Waals surface area contributed by atoms with Crippen LogP contribution < -0.4 is 0 Å². The molecule has 0 saturated heterocycles. The molecule has 1 heteroatoms. The molecule has 0 aliphatic rings. The van der Waals surface area contributed by atoms with E-state index in [1.54, 1.807) is 0 Å². The molecular weight excluding hydrogens is 88.1 g/mol. The van der Waals surface area contributed by atoms with Gasteiger partial charge in [0, 0.05) is 0 Å². The molecular formula is C6H13O. The third-order valence-electron chi connectivity index (χ3n) is 0.937. The number of hydrogen-bond donors (Lipinski definition) is 1. The van der Waals surface area contributed by atoms with E-state index >= 15 is 0 Å². The monoisotopic (exact) mass is 101 g/mol. The summed E-state index contributed by atoms with van der Waals surface area (Å²) in [5.41, 5.74) is 0. The number of unbranched alkanes of at least 4 members (excludes halogenated alkanes) is 3. The number of rotatable bonds is 4. The molecule has 0 fully saturated rings. The van der Waals surface area contributed by atoms with E-state index in [4.69, 9.17) is 5.11 Å². The summed E-state index contributed by atoms with van der Waals surface area (Å²) in [7, 11) is 0. The van der Waals surface area contributed by atoms with Gasteiger partial charge in [0.2, 0.25) is 0 Å². The van der Waals surface area contributed by atoms with Crippen LogP contribution in [0.2, 0.25) is 0 Å². The van der Waals surface area contributed by atoms with E-state index in [0.717, 1.165) is 12.8 Å². The van der Waals surface area contributed by atoms with E-state index in [1.165, 1.54) is 19.4 Å². The molecule has 1 N–H and O–H groups in total. The Balaban J connectivity index is 2.45. The van der Waals surface area contributed by atoms with Gasteiger partial charge in [-0.3, -0.25) is 0 Å². The Morgan fingerprint density at radius 1 is 1.43 bits per heavy atom. The van der Waals surface area contributed by atoms with Crippen molar-refractivity contribution in [1.82, 2.24) is 0 Å². The molecule has 0 aromatic rings. The van der Waals surface area contributed by atoms with E-state index in [1.807, 2.05) is 0 Å². The van der Waals surface area contributed by atoms with Gasteiger partial charge in [0.15, 0.2) is 0 Å². The van der Waals surface area contributed by atoms with E-state index in [0.29, 0.717) is 0 Å². The molecule has 0 saturated carbocycles. The van der Waals surface area contributed by atoms with Crippen LogP contribution in [0.5, 0.6) is 0 Å². The highest BCUT2D eigenvalue weighted by Crippen LogP contribution is 1.98. The Labute approximate surface area is 45.4 Å². The molecule has 0 unspecified atom stereocenters. The lowest BCUT2D eigenvalue weighted by Crippen LogP contribution is -1.74. The van der Waals surface area contributed by atoms with Crippen LogP contribution in [0.15, 0.2) is 0 Å². The molecule has 0 atom stereocenters. The minimum absolute atomic E-state index is 0.855. The molecule has 0 aromatic heterocycles. The standard InChI is InChI=1S/C6H13O/c1-2-3-4-5-6-7/h6-7H,2-5H2,1H3. The molecule has 0 aliphatic carbocycles. The summed E-state index contributed by atoms with van der Waals surface area (Å²) in [6.45, 7) is 3.38. The van der Waals surface area contributed by atoms with Gasteiger partial charge in [0.1, 0.15) is 0 Å². The third-order valence-corrected chi connectivity index (χ3v) is 0.937. The van der Waals surface area contributed by atoms with E-state index in [2.05, 4.69) is 6.92 Å². The predicted octanol–water partition coefficient (Wildman–Crippen LogP) is 2.10. The highest BCUT2D eigenvalue weighted by Gasteiger charge is 1.81. The van der Waals surface area contributed by atoms with Crippen LogP contribution in [0.4, 0.5) is 0 Å². The second kappa shape index (κ2) is 5.96. The maximum atomic E-state index is 8.17. The highest BCUT2D eigenvalue weighted by atomic mass is 16.2. The average Bonchev–Trinajstić information content (AvgIpc) is 1.69. The zero-order valence-electron chi connectivity index (χ0n) is 4.85. The molecule has 1 radical (unpaired) electrons. The van der Waals surface area contributed by atoms with Crippen LogP contribution in [-0.2, 0) is 0 Å². The maximum absolute atomic E-state index is 8.17. The smallest absolute Gasteiger partial charge is 0.0799 e. The molecule has 43 valence electrons. The van der Waals surface area contributed by atoms with Gasteiger partial charge < -0.3 is 5.11 Å². The molecule has 0 aliphatic heterocycles. The van der Waals surface area contributed by atoms with Crippen molar-refractivity contribution < 1.29 is 5.11 Å². The van der Waals surface area contributed by atoms with Crippen molar-refractivity contribution >= 4 is 0 Å².